The molecule has 2 rings (SSSR count). The standard InChI is InChI=1S/C13H13Cl2NO2/c14-9-3-1-8(2-4-9)11(7-16)12(17)10-5-6-18-13(10)15/h1-6,11-12,17H,7,16H2. The van der Waals surface area contributed by atoms with Crippen molar-refractivity contribution in [3.8, 4) is 0 Å². The molecule has 0 spiro atoms. The van der Waals surface area contributed by atoms with Gasteiger partial charge in [-0.05, 0) is 35.4 Å². The lowest BCUT2D eigenvalue weighted by Crippen LogP contribution is -2.20. The van der Waals surface area contributed by atoms with E-state index in [9.17, 15) is 5.11 Å². The third-order valence-corrected chi connectivity index (χ3v) is 3.46. The minimum Gasteiger partial charge on any atom is -0.453 e. The SMILES string of the molecule is NCC(c1ccc(Cl)cc1)C(O)c1ccoc1Cl. The van der Waals surface area contributed by atoms with Crippen LogP contribution in [0.2, 0.25) is 10.2 Å². The lowest BCUT2D eigenvalue weighted by Gasteiger charge is -2.21. The molecule has 2 unspecified atom stereocenters. The largest absolute Gasteiger partial charge is 0.453 e. The van der Waals surface area contributed by atoms with E-state index < -0.39 is 6.10 Å². The highest BCUT2D eigenvalue weighted by Gasteiger charge is 2.24. The summed E-state index contributed by atoms with van der Waals surface area (Å²) in [6.45, 7) is 0.296. The fraction of sp³-hybridized carbons (Fsp3) is 0.231. The highest BCUT2D eigenvalue weighted by Crippen LogP contribution is 2.34. The fourth-order valence-corrected chi connectivity index (χ4v) is 2.24. The second kappa shape index (κ2) is 5.76. The van der Waals surface area contributed by atoms with Crippen molar-refractivity contribution in [3.63, 3.8) is 0 Å². The normalized spacial score (nSPS) is 14.4. The molecule has 3 nitrogen and oxygen atoms in total. The Morgan fingerprint density at radius 3 is 2.33 bits per heavy atom. The summed E-state index contributed by atoms with van der Waals surface area (Å²) < 4.78 is 4.98. The maximum absolute atomic E-state index is 10.3. The minimum atomic E-state index is -0.803. The number of aliphatic hydroxyl groups is 1. The topological polar surface area (TPSA) is 59.4 Å². The van der Waals surface area contributed by atoms with E-state index in [4.69, 9.17) is 33.4 Å². The Labute approximate surface area is 115 Å². The average molecular weight is 286 g/mol. The molecule has 0 saturated heterocycles. The Balaban J connectivity index is 2.28. The van der Waals surface area contributed by atoms with E-state index in [1.54, 1.807) is 18.2 Å². The maximum Gasteiger partial charge on any atom is 0.198 e. The summed E-state index contributed by atoms with van der Waals surface area (Å²) in [5.74, 6) is -0.252. The summed E-state index contributed by atoms with van der Waals surface area (Å²) in [5, 5.41) is 11.1. The van der Waals surface area contributed by atoms with Gasteiger partial charge in [-0.2, -0.15) is 0 Å². The quantitative estimate of drug-likeness (QED) is 0.906. The van der Waals surface area contributed by atoms with Gasteiger partial charge in [0, 0.05) is 23.0 Å². The molecule has 0 aliphatic carbocycles. The smallest absolute Gasteiger partial charge is 0.198 e. The number of halogens is 2. The zero-order chi connectivity index (χ0) is 13.1. The van der Waals surface area contributed by atoms with E-state index in [-0.39, 0.29) is 11.1 Å². The summed E-state index contributed by atoms with van der Waals surface area (Å²) in [6.07, 6.45) is 0.637. The number of nitrogens with two attached hydrogens (primary N) is 1. The number of furan rings is 1. The summed E-state index contributed by atoms with van der Waals surface area (Å²) in [5.41, 5.74) is 7.19. The molecule has 1 aromatic heterocycles. The predicted octanol–water partition coefficient (Wildman–Crippen LogP) is 3.36. The Hall–Kier alpha value is -1.00. The van der Waals surface area contributed by atoms with Crippen LogP contribution >= 0.6 is 23.2 Å². The van der Waals surface area contributed by atoms with Crippen molar-refractivity contribution in [1.82, 2.24) is 0 Å². The van der Waals surface area contributed by atoms with Gasteiger partial charge in [0.05, 0.1) is 12.4 Å². The van der Waals surface area contributed by atoms with Gasteiger partial charge in [0.1, 0.15) is 0 Å². The summed E-state index contributed by atoms with van der Waals surface area (Å²) in [6, 6.07) is 8.87. The zero-order valence-corrected chi connectivity index (χ0v) is 11.0. The molecule has 0 fully saturated rings. The summed E-state index contributed by atoms with van der Waals surface area (Å²) in [7, 11) is 0. The van der Waals surface area contributed by atoms with Gasteiger partial charge in [0.25, 0.3) is 0 Å². The van der Waals surface area contributed by atoms with Crippen molar-refractivity contribution in [2.75, 3.05) is 6.54 Å². The van der Waals surface area contributed by atoms with E-state index in [2.05, 4.69) is 0 Å². The Bertz CT molecular complexity index is 510. The lowest BCUT2D eigenvalue weighted by molar-refractivity contribution is 0.147. The predicted molar refractivity (Wildman–Crippen MR) is 71.9 cm³/mol. The van der Waals surface area contributed by atoms with Crippen molar-refractivity contribution < 1.29 is 9.52 Å². The van der Waals surface area contributed by atoms with Gasteiger partial charge >= 0.3 is 0 Å². The Morgan fingerprint density at radius 2 is 1.83 bits per heavy atom. The van der Waals surface area contributed by atoms with Crippen LogP contribution in [-0.2, 0) is 0 Å². The first-order valence-corrected chi connectivity index (χ1v) is 6.25. The first-order chi connectivity index (χ1) is 8.63. The van der Waals surface area contributed by atoms with Crippen LogP contribution in [0, 0.1) is 0 Å². The molecular formula is C13H13Cl2NO2. The molecule has 18 heavy (non-hydrogen) atoms. The molecule has 1 aromatic carbocycles. The molecule has 2 aromatic rings. The van der Waals surface area contributed by atoms with Crippen LogP contribution in [0.1, 0.15) is 23.1 Å². The van der Waals surface area contributed by atoms with Crippen molar-refractivity contribution >= 4 is 23.2 Å². The molecule has 0 radical (unpaired) electrons. The van der Waals surface area contributed by atoms with E-state index in [1.807, 2.05) is 12.1 Å². The average Bonchev–Trinajstić information content (AvgIpc) is 2.78. The molecular weight excluding hydrogens is 273 g/mol. The van der Waals surface area contributed by atoms with Crippen molar-refractivity contribution in [2.45, 2.75) is 12.0 Å². The van der Waals surface area contributed by atoms with Crippen LogP contribution in [0.15, 0.2) is 41.0 Å². The van der Waals surface area contributed by atoms with E-state index in [0.717, 1.165) is 5.56 Å². The number of aliphatic hydroxyl groups excluding tert-OH is 1. The monoisotopic (exact) mass is 285 g/mol. The number of hydrogen-bond donors (Lipinski definition) is 2. The van der Waals surface area contributed by atoms with E-state index in [1.165, 1.54) is 6.26 Å². The summed E-state index contributed by atoms with van der Waals surface area (Å²) >= 11 is 11.7. The highest BCUT2D eigenvalue weighted by atomic mass is 35.5. The third kappa shape index (κ3) is 2.70. The lowest BCUT2D eigenvalue weighted by atomic mass is 9.90. The maximum atomic E-state index is 10.3. The number of hydrogen-bond acceptors (Lipinski definition) is 3. The molecule has 0 saturated carbocycles. The van der Waals surface area contributed by atoms with Crippen molar-refractivity contribution in [3.05, 3.63) is 58.0 Å². The first-order valence-electron chi connectivity index (χ1n) is 5.50. The second-order valence-electron chi connectivity index (χ2n) is 3.99. The second-order valence-corrected chi connectivity index (χ2v) is 4.77. The van der Waals surface area contributed by atoms with Crippen molar-refractivity contribution in [1.29, 1.82) is 0 Å². The van der Waals surface area contributed by atoms with Gasteiger partial charge in [-0.3, -0.25) is 0 Å². The molecule has 0 bridgehead atoms. The zero-order valence-electron chi connectivity index (χ0n) is 9.51. The van der Waals surface area contributed by atoms with Crippen LogP contribution in [0.25, 0.3) is 0 Å². The summed E-state index contributed by atoms with van der Waals surface area (Å²) in [4.78, 5) is 0. The van der Waals surface area contributed by atoms with Gasteiger partial charge in [-0.15, -0.1) is 0 Å². The minimum absolute atomic E-state index is 0.190. The fourth-order valence-electron chi connectivity index (χ4n) is 1.89. The number of benzene rings is 1. The van der Waals surface area contributed by atoms with Gasteiger partial charge in [-0.25, -0.2) is 0 Å². The molecule has 0 amide bonds. The molecule has 1 heterocycles. The van der Waals surface area contributed by atoms with E-state index in [0.29, 0.717) is 17.1 Å². The Morgan fingerprint density at radius 1 is 1.17 bits per heavy atom. The third-order valence-electron chi connectivity index (χ3n) is 2.90. The van der Waals surface area contributed by atoms with Crippen LogP contribution in [-0.4, -0.2) is 11.7 Å². The molecule has 0 aliphatic rings. The molecule has 0 aliphatic heterocycles. The van der Waals surface area contributed by atoms with Gasteiger partial charge in [-0.1, -0.05) is 23.7 Å². The van der Waals surface area contributed by atoms with Gasteiger partial charge in [0.15, 0.2) is 5.22 Å². The van der Waals surface area contributed by atoms with Crippen LogP contribution in [0.5, 0.6) is 0 Å². The van der Waals surface area contributed by atoms with Gasteiger partial charge < -0.3 is 15.3 Å². The molecule has 2 atom stereocenters. The molecule has 5 heteroatoms. The van der Waals surface area contributed by atoms with E-state index >= 15 is 0 Å². The number of rotatable bonds is 4. The first kappa shape index (κ1) is 13.4. The molecule has 3 N–H and O–H groups in total. The highest BCUT2D eigenvalue weighted by molar-refractivity contribution is 6.30. The van der Waals surface area contributed by atoms with Crippen LogP contribution in [0.4, 0.5) is 0 Å². The van der Waals surface area contributed by atoms with Crippen LogP contribution in [0.3, 0.4) is 0 Å². The van der Waals surface area contributed by atoms with Crippen LogP contribution < -0.4 is 5.73 Å². The van der Waals surface area contributed by atoms with Gasteiger partial charge in [0.2, 0.25) is 0 Å². The molecule has 96 valence electrons. The Kier molecular flexibility index (Phi) is 4.30. The van der Waals surface area contributed by atoms with Crippen molar-refractivity contribution in [2.24, 2.45) is 5.73 Å².